The molecule has 3 heteroatoms. The van der Waals surface area contributed by atoms with Crippen LogP contribution in [0.5, 0.6) is 0 Å². The van der Waals surface area contributed by atoms with E-state index in [4.69, 9.17) is 0 Å². The summed E-state index contributed by atoms with van der Waals surface area (Å²) in [6, 6.07) is 14.5. The van der Waals surface area contributed by atoms with Crippen LogP contribution in [0, 0.1) is 6.92 Å². The van der Waals surface area contributed by atoms with Crippen molar-refractivity contribution >= 4 is 11.9 Å². The zero-order valence-electron chi connectivity index (χ0n) is 16.0. The fraction of sp³-hybridized carbons (Fsp3) is 0.217. The fourth-order valence-electron chi connectivity index (χ4n) is 3.20. The largest absolute Gasteiger partial charge is 0.259 e. The van der Waals surface area contributed by atoms with E-state index in [0.717, 1.165) is 34.6 Å². The maximum atomic E-state index is 4.66. The number of aromatic nitrogens is 1. The molecule has 1 aliphatic rings. The first-order valence-corrected chi connectivity index (χ1v) is 8.85. The Morgan fingerprint density at radius 1 is 1.04 bits per heavy atom. The van der Waals surface area contributed by atoms with E-state index in [1.165, 1.54) is 16.7 Å². The topological polar surface area (TPSA) is 28.5 Å². The lowest BCUT2D eigenvalue weighted by Crippen LogP contribution is -2.24. The molecule has 0 atom stereocenters. The number of pyridine rings is 1. The van der Waals surface area contributed by atoms with E-state index in [1.54, 1.807) is 0 Å². The predicted molar refractivity (Wildman–Crippen MR) is 110 cm³/mol. The van der Waals surface area contributed by atoms with Crippen LogP contribution in [-0.2, 0) is 6.42 Å². The van der Waals surface area contributed by atoms with Crippen LogP contribution in [0.3, 0.4) is 0 Å². The first-order valence-electron chi connectivity index (χ1n) is 8.85. The minimum atomic E-state index is 0.889. The molecule has 132 valence electrons. The van der Waals surface area contributed by atoms with Gasteiger partial charge >= 0.3 is 0 Å². The fourth-order valence-corrected chi connectivity index (χ4v) is 3.20. The molecule has 3 rings (SSSR count). The normalized spacial score (nSPS) is 16.1. The highest BCUT2D eigenvalue weighted by atomic mass is 15.5. The van der Waals surface area contributed by atoms with Gasteiger partial charge in [-0.1, -0.05) is 48.1 Å². The Morgan fingerprint density at radius 3 is 2.38 bits per heavy atom. The molecule has 1 aromatic carbocycles. The van der Waals surface area contributed by atoms with Crippen LogP contribution >= 0.6 is 0 Å². The van der Waals surface area contributed by atoms with Crippen LogP contribution in [0.4, 0.5) is 5.69 Å². The van der Waals surface area contributed by atoms with E-state index in [-0.39, 0.29) is 0 Å². The zero-order chi connectivity index (χ0) is 18.7. The number of anilines is 1. The number of hydrogen-bond donors (Lipinski definition) is 0. The number of benzene rings is 1. The highest BCUT2D eigenvalue weighted by molar-refractivity contribution is 5.92. The average molecular weight is 343 g/mol. The van der Waals surface area contributed by atoms with Crippen LogP contribution in [0.1, 0.15) is 32.0 Å². The third-order valence-electron chi connectivity index (χ3n) is 4.53. The second-order valence-corrected chi connectivity index (χ2v) is 6.89. The molecule has 0 saturated heterocycles. The third-order valence-corrected chi connectivity index (χ3v) is 4.53. The van der Waals surface area contributed by atoms with E-state index >= 15 is 0 Å². The lowest BCUT2D eigenvalue weighted by atomic mass is 9.91. The van der Waals surface area contributed by atoms with Crippen LogP contribution in [0.2, 0.25) is 0 Å². The molecule has 0 N–H and O–H groups in total. The molecule has 0 unspecified atom stereocenters. The number of rotatable bonds is 3. The van der Waals surface area contributed by atoms with Gasteiger partial charge in [0.15, 0.2) is 0 Å². The molecule has 1 aliphatic heterocycles. The van der Waals surface area contributed by atoms with Crippen molar-refractivity contribution in [1.29, 1.82) is 0 Å². The molecule has 0 bridgehead atoms. The van der Waals surface area contributed by atoms with Gasteiger partial charge in [0.05, 0.1) is 23.8 Å². The Labute approximate surface area is 156 Å². The van der Waals surface area contributed by atoms with Gasteiger partial charge in [-0.2, -0.15) is 5.10 Å². The van der Waals surface area contributed by atoms with Crippen molar-refractivity contribution in [3.63, 3.8) is 0 Å². The summed E-state index contributed by atoms with van der Waals surface area (Å²) in [5, 5.41) is 6.53. The van der Waals surface area contributed by atoms with Crippen molar-refractivity contribution in [3.05, 3.63) is 94.5 Å². The molecule has 0 fully saturated rings. The second kappa shape index (κ2) is 7.52. The first-order chi connectivity index (χ1) is 12.5. The van der Waals surface area contributed by atoms with Gasteiger partial charge in [0, 0.05) is 16.8 Å². The van der Waals surface area contributed by atoms with Crippen molar-refractivity contribution < 1.29 is 0 Å². The number of hydrazone groups is 1. The molecule has 0 aliphatic carbocycles. The van der Waals surface area contributed by atoms with E-state index < -0.39 is 0 Å². The Bertz CT molecular complexity index is 896. The molecular formula is C23H25N3. The molecule has 1 aromatic heterocycles. The Balaban J connectivity index is 2.01. The van der Waals surface area contributed by atoms with Gasteiger partial charge < -0.3 is 0 Å². The number of allylic oxidation sites excluding steroid dienone is 3. The van der Waals surface area contributed by atoms with Gasteiger partial charge in [0.2, 0.25) is 0 Å². The number of aryl methyl sites for hydroxylation is 1. The van der Waals surface area contributed by atoms with Crippen molar-refractivity contribution in [2.24, 2.45) is 5.10 Å². The Morgan fingerprint density at radius 2 is 1.77 bits per heavy atom. The summed E-state index contributed by atoms with van der Waals surface area (Å²) in [6.45, 7) is 12.7. The smallest absolute Gasteiger partial charge is 0.0836 e. The van der Waals surface area contributed by atoms with Crippen molar-refractivity contribution in [3.8, 4) is 0 Å². The molecule has 2 heterocycles. The van der Waals surface area contributed by atoms with Gasteiger partial charge in [-0.25, -0.2) is 5.01 Å². The monoisotopic (exact) mass is 343 g/mol. The lowest BCUT2D eigenvalue weighted by Gasteiger charge is -2.29. The lowest BCUT2D eigenvalue weighted by molar-refractivity contribution is 0.971. The minimum absolute atomic E-state index is 0.889. The summed E-state index contributed by atoms with van der Waals surface area (Å²) in [5.74, 6) is 0. The highest BCUT2D eigenvalue weighted by Crippen LogP contribution is 2.34. The van der Waals surface area contributed by atoms with Crippen molar-refractivity contribution in [2.45, 2.75) is 34.1 Å². The van der Waals surface area contributed by atoms with Gasteiger partial charge in [-0.05, 0) is 51.8 Å². The maximum absolute atomic E-state index is 4.66. The standard InChI is InChI=1S/C23H25N3/c1-16(2)23-19(5)26(21-12-11-18(4)24-14-21)25-15-22(23)17(3)13-20-9-7-6-8-10-20/h6-12,14-15H,5,13H2,1-4H3/b22-17-. The Kier molecular flexibility index (Phi) is 5.17. The molecule has 0 radical (unpaired) electrons. The number of hydrogen-bond acceptors (Lipinski definition) is 3. The third kappa shape index (κ3) is 3.67. The van der Waals surface area contributed by atoms with Crippen LogP contribution in [-0.4, -0.2) is 11.2 Å². The molecule has 0 amide bonds. The summed E-state index contributed by atoms with van der Waals surface area (Å²) in [6.07, 6.45) is 4.69. The summed E-state index contributed by atoms with van der Waals surface area (Å²) in [4.78, 5) is 4.38. The van der Waals surface area contributed by atoms with Gasteiger partial charge in [0.25, 0.3) is 0 Å². The maximum Gasteiger partial charge on any atom is 0.0836 e. The van der Waals surface area contributed by atoms with Gasteiger partial charge in [-0.15, -0.1) is 0 Å². The van der Waals surface area contributed by atoms with Crippen molar-refractivity contribution in [1.82, 2.24) is 4.98 Å². The molecule has 26 heavy (non-hydrogen) atoms. The van der Waals surface area contributed by atoms with E-state index in [0.29, 0.717) is 0 Å². The Hall–Kier alpha value is -2.94. The molecule has 3 nitrogen and oxygen atoms in total. The summed E-state index contributed by atoms with van der Waals surface area (Å²) in [5.41, 5.74) is 8.95. The van der Waals surface area contributed by atoms with E-state index in [9.17, 15) is 0 Å². The SMILES string of the molecule is C=C1C(=C(C)C)/C(=C(/C)Cc2ccccc2)C=NN1c1ccc(C)nc1. The van der Waals surface area contributed by atoms with Crippen LogP contribution in [0.15, 0.2) is 88.3 Å². The molecule has 2 aromatic rings. The van der Waals surface area contributed by atoms with Gasteiger partial charge in [-0.3, -0.25) is 4.98 Å². The van der Waals surface area contributed by atoms with Crippen LogP contribution in [0.25, 0.3) is 0 Å². The molecule has 0 spiro atoms. The predicted octanol–water partition coefficient (Wildman–Crippen LogP) is 5.61. The van der Waals surface area contributed by atoms with Crippen molar-refractivity contribution in [2.75, 3.05) is 5.01 Å². The summed E-state index contributed by atoms with van der Waals surface area (Å²) < 4.78 is 0. The average Bonchev–Trinajstić information content (AvgIpc) is 2.63. The zero-order valence-corrected chi connectivity index (χ0v) is 16.0. The molecular weight excluding hydrogens is 318 g/mol. The minimum Gasteiger partial charge on any atom is -0.259 e. The summed E-state index contributed by atoms with van der Waals surface area (Å²) >= 11 is 0. The van der Waals surface area contributed by atoms with Crippen LogP contribution < -0.4 is 5.01 Å². The quantitative estimate of drug-likeness (QED) is 0.725. The number of nitrogens with zero attached hydrogens (tertiary/aromatic N) is 3. The second-order valence-electron chi connectivity index (χ2n) is 6.89. The first kappa shape index (κ1) is 17.9. The highest BCUT2D eigenvalue weighted by Gasteiger charge is 2.23. The molecule has 0 saturated carbocycles. The van der Waals surface area contributed by atoms with E-state index in [1.807, 2.05) is 42.5 Å². The summed E-state index contributed by atoms with van der Waals surface area (Å²) in [7, 11) is 0. The van der Waals surface area contributed by atoms with E-state index in [2.05, 4.69) is 61.7 Å². The van der Waals surface area contributed by atoms with Gasteiger partial charge in [0.1, 0.15) is 0 Å².